The van der Waals surface area contributed by atoms with E-state index < -0.39 is 6.09 Å². The Kier molecular flexibility index (Phi) is 5.96. The van der Waals surface area contributed by atoms with Crippen LogP contribution in [0.2, 0.25) is 0 Å². The molecule has 3 aromatic rings. The fraction of sp³-hybridized carbons (Fsp3) is 0.417. The Hall–Kier alpha value is -4.00. The van der Waals surface area contributed by atoms with Crippen LogP contribution in [0.15, 0.2) is 24.5 Å². The number of hydrogen-bond donors (Lipinski definition) is 2. The molecule has 1 fully saturated rings. The highest BCUT2D eigenvalue weighted by Gasteiger charge is 2.46. The van der Waals surface area contributed by atoms with Gasteiger partial charge >= 0.3 is 6.09 Å². The predicted molar refractivity (Wildman–Crippen MR) is 127 cm³/mol. The molecule has 0 aliphatic carbocycles. The Morgan fingerprint density at radius 3 is 2.41 bits per heavy atom. The van der Waals surface area contributed by atoms with Crippen molar-refractivity contribution >= 4 is 22.9 Å². The van der Waals surface area contributed by atoms with Gasteiger partial charge in [0.1, 0.15) is 29.3 Å². The van der Waals surface area contributed by atoms with Crippen molar-refractivity contribution in [2.45, 2.75) is 39.3 Å². The number of nitrogens with two attached hydrogens (primary N) is 1. The summed E-state index contributed by atoms with van der Waals surface area (Å²) in [6.07, 6.45) is 1.05. The fourth-order valence-corrected chi connectivity index (χ4v) is 4.62. The highest BCUT2D eigenvalue weighted by Crippen LogP contribution is 2.41. The third kappa shape index (κ3) is 4.17. The van der Waals surface area contributed by atoms with Gasteiger partial charge in [-0.1, -0.05) is 26.7 Å². The lowest BCUT2D eigenvalue weighted by molar-refractivity contribution is 0.0912. The molecule has 2 unspecified atom stereocenters. The van der Waals surface area contributed by atoms with E-state index in [9.17, 15) is 9.90 Å². The summed E-state index contributed by atoms with van der Waals surface area (Å²) in [5.74, 6) is 7.70. The molecule has 34 heavy (non-hydrogen) atoms. The third-order valence-corrected chi connectivity index (χ3v) is 6.01. The highest BCUT2D eigenvalue weighted by atomic mass is 16.5. The number of nitrogen functional groups attached to an aromatic ring is 1. The molecule has 2 aromatic heterocycles. The average molecular weight is 465 g/mol. The molecule has 10 nitrogen and oxygen atoms in total. The summed E-state index contributed by atoms with van der Waals surface area (Å²) in [6, 6.07) is 4.84. The molecular weight excluding hydrogens is 436 g/mol. The zero-order chi connectivity index (χ0) is 24.6. The lowest BCUT2D eigenvalue weighted by atomic mass is 9.83. The first-order valence-electron chi connectivity index (χ1n) is 10.9. The maximum Gasteiger partial charge on any atom is 0.407 e. The van der Waals surface area contributed by atoms with Crippen LogP contribution in [-0.4, -0.2) is 62.7 Å². The second-order valence-corrected chi connectivity index (χ2v) is 9.24. The second kappa shape index (κ2) is 8.74. The number of ether oxygens (including phenoxy) is 2. The summed E-state index contributed by atoms with van der Waals surface area (Å²) in [6.45, 7) is 6.49. The van der Waals surface area contributed by atoms with Crippen LogP contribution >= 0.6 is 0 Å². The van der Waals surface area contributed by atoms with Gasteiger partial charge in [0.05, 0.1) is 31.7 Å². The second-order valence-electron chi connectivity index (χ2n) is 9.24. The van der Waals surface area contributed by atoms with E-state index in [0.717, 1.165) is 0 Å². The predicted octanol–water partition coefficient (Wildman–Crippen LogP) is 3.17. The maximum absolute atomic E-state index is 11.9. The lowest BCUT2D eigenvalue weighted by Crippen LogP contribution is -2.46. The molecule has 3 heterocycles. The smallest absolute Gasteiger partial charge is 0.407 e. The number of fused-ring (bicyclic) bond motifs is 1. The van der Waals surface area contributed by atoms with Crippen LogP contribution in [0.1, 0.15) is 44.5 Å². The van der Waals surface area contributed by atoms with Gasteiger partial charge < -0.3 is 25.2 Å². The summed E-state index contributed by atoms with van der Waals surface area (Å²) in [5.41, 5.74) is 7.53. The summed E-state index contributed by atoms with van der Waals surface area (Å²) in [4.78, 5) is 22.0. The number of nitrogens with zero attached hydrogens (tertiary/aromatic N) is 5. The van der Waals surface area contributed by atoms with Crippen molar-refractivity contribution in [2.75, 3.05) is 26.5 Å². The quantitative estimate of drug-likeness (QED) is 0.566. The average Bonchev–Trinajstić information content (AvgIpc) is 3.40. The first-order chi connectivity index (χ1) is 16.1. The fourth-order valence-electron chi connectivity index (χ4n) is 4.62. The van der Waals surface area contributed by atoms with E-state index in [1.54, 1.807) is 37.1 Å². The van der Waals surface area contributed by atoms with Gasteiger partial charge in [-0.3, -0.25) is 0 Å². The minimum atomic E-state index is -0.944. The van der Waals surface area contributed by atoms with Crippen LogP contribution < -0.4 is 15.2 Å². The van der Waals surface area contributed by atoms with Gasteiger partial charge in [0.2, 0.25) is 0 Å². The normalized spacial score (nSPS) is 18.0. The molecule has 4 rings (SSSR count). The summed E-state index contributed by atoms with van der Waals surface area (Å²) in [5, 5.41) is 15.1. The Morgan fingerprint density at radius 2 is 1.82 bits per heavy atom. The molecule has 1 aliphatic heterocycles. The standard InChI is InChI=1S/C24H28N6O4/c1-24(2,3)20-18(8-9-29(20)23(31)32)30-22-19(21(25)26-13-27-22)17(28-30)7-6-14-10-15(33-4)12-16(11-14)34-5/h10-13,18,20H,8-9H2,1-5H3,(H,31,32)(H2,25,26,27). The molecular formula is C24H28N6O4. The molecule has 1 aliphatic rings. The molecule has 0 radical (unpaired) electrons. The van der Waals surface area contributed by atoms with E-state index in [4.69, 9.17) is 20.3 Å². The molecule has 1 saturated heterocycles. The van der Waals surface area contributed by atoms with Crippen molar-refractivity contribution in [2.24, 2.45) is 5.41 Å². The van der Waals surface area contributed by atoms with Crippen molar-refractivity contribution < 1.29 is 19.4 Å². The summed E-state index contributed by atoms with van der Waals surface area (Å²) in [7, 11) is 3.15. The minimum Gasteiger partial charge on any atom is -0.497 e. The Balaban J connectivity index is 1.84. The van der Waals surface area contributed by atoms with Gasteiger partial charge in [0, 0.05) is 18.2 Å². The van der Waals surface area contributed by atoms with E-state index >= 15 is 0 Å². The van der Waals surface area contributed by atoms with Gasteiger partial charge in [-0.05, 0) is 29.9 Å². The van der Waals surface area contributed by atoms with Crippen LogP contribution in [-0.2, 0) is 0 Å². The summed E-state index contributed by atoms with van der Waals surface area (Å²) >= 11 is 0. The molecule has 3 N–H and O–H groups in total. The number of carbonyl (C=O) groups is 1. The largest absolute Gasteiger partial charge is 0.497 e. The van der Waals surface area contributed by atoms with Crippen molar-refractivity contribution in [3.05, 3.63) is 35.8 Å². The summed E-state index contributed by atoms with van der Waals surface area (Å²) < 4.78 is 12.4. The Morgan fingerprint density at radius 1 is 1.15 bits per heavy atom. The number of amides is 1. The lowest BCUT2D eigenvalue weighted by Gasteiger charge is -2.36. The van der Waals surface area contributed by atoms with Crippen LogP contribution in [0.25, 0.3) is 11.0 Å². The van der Waals surface area contributed by atoms with E-state index in [-0.39, 0.29) is 23.3 Å². The zero-order valence-electron chi connectivity index (χ0n) is 19.9. The number of hydrogen-bond acceptors (Lipinski definition) is 7. The number of rotatable bonds is 3. The molecule has 0 bridgehead atoms. The first kappa shape index (κ1) is 23.2. The Labute approximate surface area is 197 Å². The van der Waals surface area contributed by atoms with E-state index in [1.807, 2.05) is 20.8 Å². The Bertz CT molecular complexity index is 1280. The number of carboxylic acid groups (broad SMARTS) is 1. The van der Waals surface area contributed by atoms with E-state index in [0.29, 0.717) is 46.8 Å². The van der Waals surface area contributed by atoms with Crippen molar-refractivity contribution in [1.29, 1.82) is 0 Å². The first-order valence-corrected chi connectivity index (χ1v) is 10.9. The topological polar surface area (TPSA) is 129 Å². The van der Waals surface area contributed by atoms with Gasteiger partial charge in [-0.15, -0.1) is 0 Å². The molecule has 10 heteroatoms. The molecule has 178 valence electrons. The van der Waals surface area contributed by atoms with Crippen molar-refractivity contribution in [3.63, 3.8) is 0 Å². The van der Waals surface area contributed by atoms with Crippen LogP contribution in [0.3, 0.4) is 0 Å². The zero-order valence-corrected chi connectivity index (χ0v) is 19.9. The molecule has 1 amide bonds. The number of likely N-dealkylation sites (tertiary alicyclic amines) is 1. The van der Waals surface area contributed by atoms with Crippen LogP contribution in [0.4, 0.5) is 10.6 Å². The van der Waals surface area contributed by atoms with Crippen LogP contribution in [0.5, 0.6) is 11.5 Å². The van der Waals surface area contributed by atoms with E-state index in [1.165, 1.54) is 11.2 Å². The van der Waals surface area contributed by atoms with Crippen LogP contribution in [0, 0.1) is 17.3 Å². The molecule has 2 atom stereocenters. The maximum atomic E-state index is 11.9. The highest BCUT2D eigenvalue weighted by molar-refractivity contribution is 5.90. The molecule has 0 saturated carbocycles. The number of benzene rings is 1. The van der Waals surface area contributed by atoms with Crippen molar-refractivity contribution in [1.82, 2.24) is 24.6 Å². The number of methoxy groups -OCH3 is 2. The van der Waals surface area contributed by atoms with Gasteiger partial charge in [-0.25, -0.2) is 19.4 Å². The monoisotopic (exact) mass is 464 g/mol. The van der Waals surface area contributed by atoms with E-state index in [2.05, 4.69) is 21.8 Å². The third-order valence-electron chi connectivity index (χ3n) is 6.01. The molecule has 1 aromatic carbocycles. The molecule has 0 spiro atoms. The number of aromatic nitrogens is 4. The minimum absolute atomic E-state index is 0.222. The SMILES string of the molecule is COc1cc(C#Cc2nn(C3CCN(C(=O)O)C3C(C)(C)C)c3ncnc(N)c23)cc(OC)c1. The van der Waals surface area contributed by atoms with Gasteiger partial charge in [0.15, 0.2) is 5.65 Å². The van der Waals surface area contributed by atoms with Gasteiger partial charge in [0.25, 0.3) is 0 Å². The van der Waals surface area contributed by atoms with Gasteiger partial charge in [-0.2, -0.15) is 5.10 Å². The number of anilines is 1. The van der Waals surface area contributed by atoms with Crippen molar-refractivity contribution in [3.8, 4) is 23.3 Å².